The Hall–Kier alpha value is -1.49. The number of rotatable bonds is 3. The van der Waals surface area contributed by atoms with E-state index in [0.717, 1.165) is 24.2 Å². The fourth-order valence-electron chi connectivity index (χ4n) is 1.58. The van der Waals surface area contributed by atoms with Crippen LogP contribution in [-0.4, -0.2) is 19.9 Å². The van der Waals surface area contributed by atoms with Gasteiger partial charge in [-0.3, -0.25) is 0 Å². The number of hydrogen-bond acceptors (Lipinski definition) is 4. The molecule has 0 unspecified atom stereocenters. The second-order valence-corrected chi connectivity index (χ2v) is 3.71. The van der Waals surface area contributed by atoms with Crippen LogP contribution in [-0.2, 0) is 5.54 Å². The minimum absolute atomic E-state index is 0.388. The second kappa shape index (κ2) is 3.58. The molecule has 2 aromatic heterocycles. The number of nitrogens with zero attached hydrogens (tertiary/aromatic N) is 3. The molecule has 2 heterocycles. The lowest BCUT2D eigenvalue weighted by atomic mass is 9.93. The van der Waals surface area contributed by atoms with Crippen LogP contribution in [0.4, 0.5) is 0 Å². The maximum absolute atomic E-state index is 6.24. The molecular formula is C10H15N5. The Morgan fingerprint density at radius 1 is 1.40 bits per heavy atom. The first-order valence-corrected chi connectivity index (χ1v) is 5.14. The lowest BCUT2D eigenvalue weighted by Gasteiger charge is -2.23. The van der Waals surface area contributed by atoms with Gasteiger partial charge in [-0.15, -0.1) is 0 Å². The van der Waals surface area contributed by atoms with Crippen molar-refractivity contribution in [3.8, 4) is 0 Å². The first-order valence-electron chi connectivity index (χ1n) is 5.14. The van der Waals surface area contributed by atoms with Crippen molar-refractivity contribution in [1.82, 2.24) is 19.9 Å². The number of imidazole rings is 1. The smallest absolute Gasteiger partial charge is 0.180 e. The van der Waals surface area contributed by atoms with Crippen LogP contribution in [0.25, 0.3) is 11.2 Å². The number of fused-ring (bicyclic) bond motifs is 1. The van der Waals surface area contributed by atoms with Gasteiger partial charge < -0.3 is 10.7 Å². The highest BCUT2D eigenvalue weighted by Crippen LogP contribution is 2.24. The standard InChI is InChI=1S/C10H15N5/c1-3-10(11,4-2)9-14-7-5-12-6-13-8(7)15-9/h5-6H,3-4,11H2,1-2H3,(H,12,13,14,15). The lowest BCUT2D eigenvalue weighted by molar-refractivity contribution is 0.391. The molecule has 0 aliphatic rings. The monoisotopic (exact) mass is 205 g/mol. The summed E-state index contributed by atoms with van der Waals surface area (Å²) in [6, 6.07) is 0. The van der Waals surface area contributed by atoms with Gasteiger partial charge in [0.05, 0.1) is 11.7 Å². The molecule has 0 saturated carbocycles. The molecule has 80 valence electrons. The second-order valence-electron chi connectivity index (χ2n) is 3.71. The van der Waals surface area contributed by atoms with Crippen molar-refractivity contribution in [2.24, 2.45) is 5.73 Å². The molecule has 0 radical (unpaired) electrons. The number of hydrogen-bond donors (Lipinski definition) is 2. The van der Waals surface area contributed by atoms with Crippen LogP contribution in [0.2, 0.25) is 0 Å². The summed E-state index contributed by atoms with van der Waals surface area (Å²) in [6.07, 6.45) is 4.89. The Morgan fingerprint density at radius 3 is 2.73 bits per heavy atom. The van der Waals surface area contributed by atoms with E-state index in [4.69, 9.17) is 5.73 Å². The molecule has 0 saturated heterocycles. The van der Waals surface area contributed by atoms with Gasteiger partial charge in [0.25, 0.3) is 0 Å². The van der Waals surface area contributed by atoms with E-state index in [-0.39, 0.29) is 5.54 Å². The largest absolute Gasteiger partial charge is 0.338 e. The quantitative estimate of drug-likeness (QED) is 0.792. The van der Waals surface area contributed by atoms with Crippen LogP contribution in [0.3, 0.4) is 0 Å². The molecule has 0 fully saturated rings. The third-order valence-corrected chi connectivity index (χ3v) is 2.90. The Labute approximate surface area is 88.1 Å². The van der Waals surface area contributed by atoms with Crippen molar-refractivity contribution in [1.29, 1.82) is 0 Å². The molecule has 5 heteroatoms. The van der Waals surface area contributed by atoms with Crippen molar-refractivity contribution >= 4 is 11.2 Å². The zero-order chi connectivity index (χ0) is 10.9. The normalized spacial score (nSPS) is 12.2. The zero-order valence-electron chi connectivity index (χ0n) is 8.99. The van der Waals surface area contributed by atoms with E-state index in [1.54, 1.807) is 6.20 Å². The zero-order valence-corrected chi connectivity index (χ0v) is 8.99. The highest BCUT2D eigenvalue weighted by Gasteiger charge is 2.26. The summed E-state index contributed by atoms with van der Waals surface area (Å²) in [6.45, 7) is 4.12. The minimum atomic E-state index is -0.388. The van der Waals surface area contributed by atoms with Crippen LogP contribution in [0.5, 0.6) is 0 Å². The van der Waals surface area contributed by atoms with Crippen molar-refractivity contribution < 1.29 is 0 Å². The highest BCUT2D eigenvalue weighted by atomic mass is 15.1. The predicted molar refractivity (Wildman–Crippen MR) is 58.1 cm³/mol. The molecule has 2 rings (SSSR count). The average Bonchev–Trinajstić information content (AvgIpc) is 2.72. The fraction of sp³-hybridized carbons (Fsp3) is 0.500. The number of aromatic nitrogens is 4. The van der Waals surface area contributed by atoms with Crippen molar-refractivity contribution in [3.63, 3.8) is 0 Å². The Kier molecular flexibility index (Phi) is 2.40. The summed E-state index contributed by atoms with van der Waals surface area (Å²) >= 11 is 0. The summed E-state index contributed by atoms with van der Waals surface area (Å²) in [4.78, 5) is 15.6. The van der Waals surface area contributed by atoms with Crippen molar-refractivity contribution in [3.05, 3.63) is 18.3 Å². The van der Waals surface area contributed by atoms with E-state index in [0.29, 0.717) is 5.65 Å². The SMILES string of the molecule is CCC(N)(CC)c1nc2ncncc2[nH]1. The van der Waals surface area contributed by atoms with Gasteiger partial charge in [-0.2, -0.15) is 0 Å². The number of aromatic amines is 1. The Morgan fingerprint density at radius 2 is 2.13 bits per heavy atom. The van der Waals surface area contributed by atoms with Crippen LogP contribution < -0.4 is 5.73 Å². The van der Waals surface area contributed by atoms with E-state index in [1.165, 1.54) is 6.33 Å². The van der Waals surface area contributed by atoms with Gasteiger partial charge in [-0.25, -0.2) is 15.0 Å². The highest BCUT2D eigenvalue weighted by molar-refractivity contribution is 5.68. The van der Waals surface area contributed by atoms with E-state index in [1.807, 2.05) is 0 Å². The predicted octanol–water partition coefficient (Wildman–Crippen LogP) is 1.33. The summed E-state index contributed by atoms with van der Waals surface area (Å²) in [5, 5.41) is 0. The minimum Gasteiger partial charge on any atom is -0.338 e. The molecule has 0 aliphatic carbocycles. The number of nitrogens with one attached hydrogen (secondary N) is 1. The number of H-pyrrole nitrogens is 1. The maximum atomic E-state index is 6.24. The summed E-state index contributed by atoms with van der Waals surface area (Å²) in [7, 11) is 0. The molecule has 0 bridgehead atoms. The van der Waals surface area contributed by atoms with Gasteiger partial charge >= 0.3 is 0 Å². The topological polar surface area (TPSA) is 80.5 Å². The first-order chi connectivity index (χ1) is 7.19. The molecule has 0 amide bonds. The molecule has 2 aromatic rings. The number of nitrogens with two attached hydrogens (primary N) is 1. The van der Waals surface area contributed by atoms with E-state index in [2.05, 4.69) is 33.8 Å². The summed E-state index contributed by atoms with van der Waals surface area (Å²) in [5.41, 5.74) is 7.37. The third kappa shape index (κ3) is 1.59. The van der Waals surface area contributed by atoms with Gasteiger partial charge in [-0.1, -0.05) is 13.8 Å². The van der Waals surface area contributed by atoms with Gasteiger partial charge in [0.1, 0.15) is 17.7 Å². The first kappa shape index (κ1) is 10.0. The van der Waals surface area contributed by atoms with Gasteiger partial charge in [0.15, 0.2) is 5.65 Å². The van der Waals surface area contributed by atoms with E-state index >= 15 is 0 Å². The van der Waals surface area contributed by atoms with Crippen LogP contribution in [0, 0.1) is 0 Å². The van der Waals surface area contributed by atoms with Crippen molar-refractivity contribution in [2.45, 2.75) is 32.2 Å². The molecule has 5 nitrogen and oxygen atoms in total. The maximum Gasteiger partial charge on any atom is 0.180 e. The molecule has 0 spiro atoms. The molecule has 3 N–H and O–H groups in total. The van der Waals surface area contributed by atoms with Gasteiger partial charge in [0, 0.05) is 0 Å². The summed E-state index contributed by atoms with van der Waals surface area (Å²) in [5.74, 6) is 0.794. The Bertz CT molecular complexity index is 425. The molecule has 0 aliphatic heterocycles. The van der Waals surface area contributed by atoms with Crippen molar-refractivity contribution in [2.75, 3.05) is 0 Å². The van der Waals surface area contributed by atoms with Gasteiger partial charge in [0.2, 0.25) is 0 Å². The van der Waals surface area contributed by atoms with E-state index in [9.17, 15) is 0 Å². The Balaban J connectivity index is 2.52. The third-order valence-electron chi connectivity index (χ3n) is 2.90. The van der Waals surface area contributed by atoms with Crippen LogP contribution >= 0.6 is 0 Å². The molecule has 0 atom stereocenters. The molecule has 15 heavy (non-hydrogen) atoms. The lowest BCUT2D eigenvalue weighted by Crippen LogP contribution is -2.36. The average molecular weight is 205 g/mol. The van der Waals surface area contributed by atoms with Crippen LogP contribution in [0.1, 0.15) is 32.5 Å². The fourth-order valence-corrected chi connectivity index (χ4v) is 1.58. The molecular weight excluding hydrogens is 190 g/mol. The molecule has 0 aromatic carbocycles. The van der Waals surface area contributed by atoms with Gasteiger partial charge in [-0.05, 0) is 12.8 Å². The van der Waals surface area contributed by atoms with E-state index < -0.39 is 0 Å². The summed E-state index contributed by atoms with van der Waals surface area (Å²) < 4.78 is 0. The van der Waals surface area contributed by atoms with Crippen LogP contribution in [0.15, 0.2) is 12.5 Å².